The maximum Gasteiger partial charge on any atom is 0.136 e. The van der Waals surface area contributed by atoms with E-state index < -0.39 is 0 Å². The zero-order valence-electron chi connectivity index (χ0n) is 29.6. The van der Waals surface area contributed by atoms with Gasteiger partial charge in [0.15, 0.2) is 0 Å². The minimum Gasteiger partial charge on any atom is -0.456 e. The Morgan fingerprint density at radius 1 is 0.296 bits per heavy atom. The Hall–Kier alpha value is -7.16. The third-order valence-electron chi connectivity index (χ3n) is 10.5. The van der Waals surface area contributed by atoms with E-state index in [9.17, 15) is 0 Å². The molecule has 254 valence electrons. The number of nitrogens with zero attached hydrogens (tertiary/aromatic N) is 1. The molecule has 10 aromatic rings. The lowest BCUT2D eigenvalue weighted by Crippen LogP contribution is -2.10. The third-order valence-corrected chi connectivity index (χ3v) is 10.5. The van der Waals surface area contributed by atoms with Crippen molar-refractivity contribution in [2.24, 2.45) is 0 Å². The summed E-state index contributed by atoms with van der Waals surface area (Å²) in [7, 11) is 0. The Kier molecular flexibility index (Phi) is 7.85. The zero-order valence-corrected chi connectivity index (χ0v) is 29.6. The molecule has 9 aromatic carbocycles. The minimum atomic E-state index is 0.894. The number of rotatable bonds is 7. The van der Waals surface area contributed by atoms with Crippen LogP contribution in [0.25, 0.3) is 77.2 Å². The maximum atomic E-state index is 6.29. The molecule has 0 aliphatic carbocycles. The van der Waals surface area contributed by atoms with Crippen molar-refractivity contribution in [1.82, 2.24) is 0 Å². The normalized spacial score (nSPS) is 11.3. The lowest BCUT2D eigenvalue weighted by Gasteiger charge is -2.28. The van der Waals surface area contributed by atoms with E-state index in [4.69, 9.17) is 4.42 Å². The van der Waals surface area contributed by atoms with Gasteiger partial charge in [0.2, 0.25) is 0 Å². The highest BCUT2D eigenvalue weighted by Gasteiger charge is 2.19. The van der Waals surface area contributed by atoms with E-state index in [-0.39, 0.29) is 0 Å². The summed E-state index contributed by atoms with van der Waals surface area (Å²) in [5.41, 5.74) is 14.6. The van der Waals surface area contributed by atoms with E-state index >= 15 is 0 Å². The van der Waals surface area contributed by atoms with Crippen molar-refractivity contribution in [2.75, 3.05) is 4.90 Å². The van der Waals surface area contributed by atoms with Crippen molar-refractivity contribution in [2.45, 2.75) is 0 Å². The van der Waals surface area contributed by atoms with Crippen LogP contribution in [0.4, 0.5) is 17.1 Å². The van der Waals surface area contributed by atoms with Crippen LogP contribution < -0.4 is 4.90 Å². The molecule has 1 heterocycles. The van der Waals surface area contributed by atoms with Gasteiger partial charge in [-0.15, -0.1) is 0 Å². The lowest BCUT2D eigenvalue weighted by atomic mass is 9.95. The summed E-state index contributed by atoms with van der Waals surface area (Å²) in [6.07, 6.45) is 0. The second-order valence-corrected chi connectivity index (χ2v) is 13.7. The van der Waals surface area contributed by atoms with Gasteiger partial charge in [-0.2, -0.15) is 0 Å². The van der Waals surface area contributed by atoms with Gasteiger partial charge in [0.1, 0.15) is 11.2 Å². The summed E-state index contributed by atoms with van der Waals surface area (Å²) in [5, 5.41) is 4.66. The SMILES string of the molecule is c1ccc(-c2ccc(-c3ccc(N(c4cccc(-c5cccc6oc7ccccc7c56)c4)c4ccc(-c5ccccc5)c5ccccc45)cc3)cc2)cc1. The quantitative estimate of drug-likeness (QED) is 0.166. The number of hydrogen-bond acceptors (Lipinski definition) is 2. The zero-order chi connectivity index (χ0) is 35.8. The first-order valence-corrected chi connectivity index (χ1v) is 18.4. The largest absolute Gasteiger partial charge is 0.456 e. The molecule has 1 aromatic heterocycles. The second kappa shape index (κ2) is 13.4. The van der Waals surface area contributed by atoms with Gasteiger partial charge in [0, 0.05) is 27.5 Å². The summed E-state index contributed by atoms with van der Waals surface area (Å²) in [6, 6.07) is 75.9. The second-order valence-electron chi connectivity index (χ2n) is 13.7. The van der Waals surface area contributed by atoms with Crippen LogP contribution in [-0.2, 0) is 0 Å². The van der Waals surface area contributed by atoms with Crippen molar-refractivity contribution >= 4 is 49.8 Å². The Morgan fingerprint density at radius 3 is 1.56 bits per heavy atom. The van der Waals surface area contributed by atoms with Gasteiger partial charge in [0.25, 0.3) is 0 Å². The minimum absolute atomic E-state index is 0.894. The van der Waals surface area contributed by atoms with Gasteiger partial charge >= 0.3 is 0 Å². The monoisotopic (exact) mass is 689 g/mol. The predicted octanol–water partition coefficient (Wildman–Crippen LogP) is 14.9. The van der Waals surface area contributed by atoms with Crippen LogP contribution in [0.15, 0.2) is 217 Å². The van der Waals surface area contributed by atoms with Crippen LogP contribution in [0.5, 0.6) is 0 Å². The highest BCUT2D eigenvalue weighted by molar-refractivity contribution is 6.13. The first kappa shape index (κ1) is 31.6. The standard InChI is InChI=1S/C52H35NO/c1-3-13-36(14-4-1)37-25-27-38(28-26-37)39-29-31-42(32-30-39)53(49-34-33-44(40-15-5-2-6-16-40)46-19-7-8-20-47(46)49)43-18-11-17-41(35-43)45-22-12-24-51-52(45)48-21-9-10-23-50(48)54-51/h1-35H. The van der Waals surface area contributed by atoms with Crippen LogP contribution in [0.3, 0.4) is 0 Å². The van der Waals surface area contributed by atoms with Gasteiger partial charge in [-0.1, -0.05) is 170 Å². The maximum absolute atomic E-state index is 6.29. The fraction of sp³-hybridized carbons (Fsp3) is 0. The summed E-state index contributed by atoms with van der Waals surface area (Å²) in [5.74, 6) is 0. The number of furan rings is 1. The molecule has 2 heteroatoms. The Morgan fingerprint density at radius 2 is 0.833 bits per heavy atom. The molecule has 0 saturated carbocycles. The van der Waals surface area contributed by atoms with Crippen LogP contribution in [-0.4, -0.2) is 0 Å². The Labute approximate surface area is 314 Å². The highest BCUT2D eigenvalue weighted by Crippen LogP contribution is 2.44. The van der Waals surface area contributed by atoms with Gasteiger partial charge < -0.3 is 9.32 Å². The lowest BCUT2D eigenvalue weighted by molar-refractivity contribution is 0.669. The fourth-order valence-electron chi connectivity index (χ4n) is 7.89. The number of fused-ring (bicyclic) bond motifs is 4. The smallest absolute Gasteiger partial charge is 0.136 e. The van der Waals surface area contributed by atoms with E-state index in [1.807, 2.05) is 12.1 Å². The average molecular weight is 690 g/mol. The molecule has 0 aliphatic heterocycles. The van der Waals surface area contributed by atoms with Crippen molar-refractivity contribution in [3.05, 3.63) is 212 Å². The van der Waals surface area contributed by atoms with Crippen LogP contribution in [0.1, 0.15) is 0 Å². The van der Waals surface area contributed by atoms with Crippen LogP contribution in [0, 0.1) is 0 Å². The van der Waals surface area contributed by atoms with Crippen molar-refractivity contribution in [1.29, 1.82) is 0 Å². The molecule has 0 aliphatic rings. The molecule has 0 radical (unpaired) electrons. The first-order valence-electron chi connectivity index (χ1n) is 18.4. The molecule has 0 N–H and O–H groups in total. The summed E-state index contributed by atoms with van der Waals surface area (Å²) in [6.45, 7) is 0. The third kappa shape index (κ3) is 5.62. The van der Waals surface area contributed by atoms with E-state index in [1.54, 1.807) is 0 Å². The fourth-order valence-corrected chi connectivity index (χ4v) is 7.89. The van der Waals surface area contributed by atoms with Crippen molar-refractivity contribution in [3.63, 3.8) is 0 Å². The van der Waals surface area contributed by atoms with Gasteiger partial charge in [-0.3, -0.25) is 0 Å². The number of para-hydroxylation sites is 1. The molecule has 0 spiro atoms. The molecule has 0 atom stereocenters. The summed E-state index contributed by atoms with van der Waals surface area (Å²) < 4.78 is 6.29. The van der Waals surface area contributed by atoms with Crippen LogP contribution >= 0.6 is 0 Å². The highest BCUT2D eigenvalue weighted by atomic mass is 16.3. The molecule has 0 fully saturated rings. The molecule has 10 rings (SSSR count). The molecule has 0 bridgehead atoms. The van der Waals surface area contributed by atoms with Gasteiger partial charge in [0.05, 0.1) is 5.69 Å². The summed E-state index contributed by atoms with van der Waals surface area (Å²) >= 11 is 0. The van der Waals surface area contributed by atoms with E-state index in [2.05, 4.69) is 205 Å². The first-order chi connectivity index (χ1) is 26.8. The van der Waals surface area contributed by atoms with Crippen molar-refractivity contribution in [3.8, 4) is 44.5 Å². The van der Waals surface area contributed by atoms with E-state index in [1.165, 1.54) is 44.2 Å². The number of benzene rings is 9. The molecule has 2 nitrogen and oxygen atoms in total. The number of hydrogen-bond donors (Lipinski definition) is 0. The summed E-state index contributed by atoms with van der Waals surface area (Å²) in [4.78, 5) is 2.40. The van der Waals surface area contributed by atoms with Gasteiger partial charge in [-0.25, -0.2) is 0 Å². The molecule has 0 amide bonds. The molecular formula is C52H35NO. The van der Waals surface area contributed by atoms with Crippen LogP contribution in [0.2, 0.25) is 0 Å². The molecule has 0 unspecified atom stereocenters. The predicted molar refractivity (Wildman–Crippen MR) is 228 cm³/mol. The van der Waals surface area contributed by atoms with E-state index in [0.717, 1.165) is 50.1 Å². The average Bonchev–Trinajstić information content (AvgIpc) is 3.64. The molecule has 0 saturated heterocycles. The van der Waals surface area contributed by atoms with Gasteiger partial charge in [-0.05, 0) is 92.4 Å². The molecule has 54 heavy (non-hydrogen) atoms. The Balaban J connectivity index is 1.12. The topological polar surface area (TPSA) is 16.4 Å². The van der Waals surface area contributed by atoms with Crippen molar-refractivity contribution < 1.29 is 4.42 Å². The molecular weight excluding hydrogens is 655 g/mol. The number of anilines is 3. The Bertz CT molecular complexity index is 2910. The van der Waals surface area contributed by atoms with E-state index in [0.29, 0.717) is 0 Å².